The molecule has 0 atom stereocenters. The number of halogens is 1. The van der Waals surface area contributed by atoms with Gasteiger partial charge in [-0.05, 0) is 58.8 Å². The zero-order valence-electron chi connectivity index (χ0n) is 18.1. The Morgan fingerprint density at radius 3 is 2.47 bits per heavy atom. The number of amides is 1. The van der Waals surface area contributed by atoms with Crippen LogP contribution in [0.4, 0.5) is 0 Å². The number of phenols is 2. The number of nitrogens with two attached hydrogens (primary N) is 1. The van der Waals surface area contributed by atoms with Crippen molar-refractivity contribution in [1.82, 2.24) is 0 Å². The fourth-order valence-electron chi connectivity index (χ4n) is 3.66. The van der Waals surface area contributed by atoms with Crippen LogP contribution in [0.2, 0.25) is 0 Å². The predicted octanol–water partition coefficient (Wildman–Crippen LogP) is 5.07. The molecule has 1 amide bonds. The lowest BCUT2D eigenvalue weighted by Crippen LogP contribution is -2.10. The van der Waals surface area contributed by atoms with Crippen LogP contribution in [-0.4, -0.2) is 21.9 Å². The molecule has 0 aliphatic heterocycles. The van der Waals surface area contributed by atoms with Gasteiger partial charge in [-0.1, -0.05) is 30.3 Å². The van der Waals surface area contributed by atoms with Gasteiger partial charge < -0.3 is 25.1 Å². The minimum atomic E-state index is -0.439. The molecule has 0 aliphatic carbocycles. The van der Waals surface area contributed by atoms with E-state index in [0.29, 0.717) is 44.3 Å². The number of benzene rings is 3. The zero-order chi connectivity index (χ0) is 24.2. The Morgan fingerprint density at radius 2 is 1.76 bits per heavy atom. The van der Waals surface area contributed by atoms with Crippen molar-refractivity contribution in [2.24, 2.45) is 5.73 Å². The molecule has 174 valence electrons. The number of rotatable bonds is 9. The van der Waals surface area contributed by atoms with Crippen LogP contribution >= 0.6 is 22.6 Å². The predicted molar refractivity (Wildman–Crippen MR) is 135 cm³/mol. The van der Waals surface area contributed by atoms with E-state index in [-0.39, 0.29) is 36.1 Å². The number of primary amides is 1. The van der Waals surface area contributed by atoms with E-state index in [1.165, 1.54) is 18.2 Å². The molecular weight excluding hydrogens is 549 g/mol. The van der Waals surface area contributed by atoms with E-state index in [1.54, 1.807) is 12.1 Å². The molecule has 4 N–H and O–H groups in total. The molecule has 1 aromatic heterocycles. The number of phenolic OH excluding ortho intramolecular Hbond substituents is 2. The quantitative estimate of drug-likeness (QED) is 0.191. The number of aromatic hydroxyl groups is 2. The van der Waals surface area contributed by atoms with Crippen LogP contribution < -0.4 is 10.5 Å². The number of aryl methyl sites for hydroxylation is 1. The smallest absolute Gasteiger partial charge is 0.217 e. The van der Waals surface area contributed by atoms with Crippen molar-refractivity contribution in [3.05, 3.63) is 86.7 Å². The molecular formula is C26H22INO6. The van der Waals surface area contributed by atoms with Crippen molar-refractivity contribution in [2.75, 3.05) is 0 Å². The van der Waals surface area contributed by atoms with Crippen LogP contribution in [0, 0.1) is 3.57 Å². The molecule has 4 aromatic rings. The molecule has 1 heterocycles. The summed E-state index contributed by atoms with van der Waals surface area (Å²) in [5.74, 6) is -0.179. The Morgan fingerprint density at radius 1 is 1.00 bits per heavy atom. The number of carbonyl (C=O) groups is 2. The maximum absolute atomic E-state index is 13.5. The topological polar surface area (TPSA) is 123 Å². The van der Waals surface area contributed by atoms with Gasteiger partial charge in [0.1, 0.15) is 23.7 Å². The maximum atomic E-state index is 13.5. The van der Waals surface area contributed by atoms with E-state index in [9.17, 15) is 19.8 Å². The average molecular weight is 571 g/mol. The number of hydrogen-bond donors (Lipinski definition) is 3. The van der Waals surface area contributed by atoms with Crippen LogP contribution in [0.5, 0.6) is 17.2 Å². The second-order valence-corrected chi connectivity index (χ2v) is 8.97. The first kappa shape index (κ1) is 23.6. The fourth-order valence-corrected chi connectivity index (χ4v) is 4.17. The van der Waals surface area contributed by atoms with E-state index >= 15 is 0 Å². The molecule has 0 unspecified atom stereocenters. The lowest BCUT2D eigenvalue weighted by Gasteiger charge is -2.08. The van der Waals surface area contributed by atoms with Crippen molar-refractivity contribution in [3.63, 3.8) is 0 Å². The Bertz CT molecular complexity index is 1360. The molecule has 7 nitrogen and oxygen atoms in total. The number of carbonyl (C=O) groups excluding carboxylic acids is 2. The van der Waals surface area contributed by atoms with Crippen LogP contribution in [0.1, 0.15) is 40.1 Å². The first-order valence-corrected chi connectivity index (χ1v) is 11.7. The molecule has 0 spiro atoms. The number of ketones is 1. The van der Waals surface area contributed by atoms with Crippen molar-refractivity contribution in [1.29, 1.82) is 0 Å². The summed E-state index contributed by atoms with van der Waals surface area (Å²) in [4.78, 5) is 24.7. The fraction of sp³-hybridized carbons (Fsp3) is 0.154. The summed E-state index contributed by atoms with van der Waals surface area (Å²) in [6, 6.07) is 17.1. The monoisotopic (exact) mass is 571 g/mol. The zero-order valence-corrected chi connectivity index (χ0v) is 20.2. The van der Waals surface area contributed by atoms with Gasteiger partial charge >= 0.3 is 0 Å². The summed E-state index contributed by atoms with van der Waals surface area (Å²) >= 11 is 1.95. The molecule has 3 aromatic carbocycles. The van der Waals surface area contributed by atoms with E-state index in [0.717, 1.165) is 5.56 Å². The molecule has 34 heavy (non-hydrogen) atoms. The highest BCUT2D eigenvalue weighted by Crippen LogP contribution is 2.38. The van der Waals surface area contributed by atoms with E-state index in [1.807, 2.05) is 52.9 Å². The standard InChI is InChI=1S/C26H22INO6/c27-18-11-16(9-10-19(18)29)26(32)25-17-12-20(30)23(33-14-15-5-2-1-3-6-15)13-22(17)34-21(25)7-4-8-24(28)31/h1-3,5-6,9-13,29-30H,4,7-8,14H2,(H2,28,31). The minimum Gasteiger partial charge on any atom is -0.507 e. The number of furan rings is 1. The average Bonchev–Trinajstić information content (AvgIpc) is 3.16. The van der Waals surface area contributed by atoms with Gasteiger partial charge in [-0.15, -0.1) is 0 Å². The lowest BCUT2D eigenvalue weighted by molar-refractivity contribution is -0.118. The van der Waals surface area contributed by atoms with Gasteiger partial charge in [-0.3, -0.25) is 9.59 Å². The first-order chi connectivity index (χ1) is 16.3. The number of hydrogen-bond acceptors (Lipinski definition) is 6. The Kier molecular flexibility index (Phi) is 7.06. The summed E-state index contributed by atoms with van der Waals surface area (Å²) in [5, 5.41) is 20.9. The number of ether oxygens (including phenoxy) is 1. The van der Waals surface area contributed by atoms with Gasteiger partial charge in [0.05, 0.1) is 9.13 Å². The van der Waals surface area contributed by atoms with Gasteiger partial charge in [0.15, 0.2) is 17.3 Å². The van der Waals surface area contributed by atoms with Gasteiger partial charge in [-0.25, -0.2) is 0 Å². The second-order valence-electron chi connectivity index (χ2n) is 7.81. The van der Waals surface area contributed by atoms with E-state index < -0.39 is 5.91 Å². The van der Waals surface area contributed by atoms with Crippen LogP contribution in [0.3, 0.4) is 0 Å². The Balaban J connectivity index is 1.73. The summed E-state index contributed by atoms with van der Waals surface area (Å²) in [5.41, 5.74) is 7.24. The molecule has 0 saturated heterocycles. The third kappa shape index (κ3) is 5.17. The SMILES string of the molecule is NC(=O)CCCc1oc2cc(OCc3ccccc3)c(O)cc2c1C(=O)c1ccc(O)c(I)c1. The third-order valence-corrected chi connectivity index (χ3v) is 6.21. The molecule has 4 rings (SSSR count). The highest BCUT2D eigenvalue weighted by molar-refractivity contribution is 14.1. The summed E-state index contributed by atoms with van der Waals surface area (Å²) < 4.78 is 12.3. The van der Waals surface area contributed by atoms with Crippen LogP contribution in [0.25, 0.3) is 11.0 Å². The van der Waals surface area contributed by atoms with Crippen molar-refractivity contribution < 1.29 is 29.0 Å². The molecule has 0 radical (unpaired) electrons. The van der Waals surface area contributed by atoms with Crippen LogP contribution in [-0.2, 0) is 17.8 Å². The van der Waals surface area contributed by atoms with E-state index in [4.69, 9.17) is 14.9 Å². The van der Waals surface area contributed by atoms with Crippen LogP contribution in [0.15, 0.2) is 65.1 Å². The maximum Gasteiger partial charge on any atom is 0.217 e. The van der Waals surface area contributed by atoms with E-state index in [2.05, 4.69) is 0 Å². The van der Waals surface area contributed by atoms with Crippen molar-refractivity contribution >= 4 is 45.3 Å². The molecule has 0 saturated carbocycles. The Hall–Kier alpha value is -3.53. The van der Waals surface area contributed by atoms with Crippen molar-refractivity contribution in [3.8, 4) is 17.2 Å². The molecule has 0 fully saturated rings. The highest BCUT2D eigenvalue weighted by Gasteiger charge is 2.24. The van der Waals surface area contributed by atoms with Gasteiger partial charge in [0.2, 0.25) is 5.91 Å². The van der Waals surface area contributed by atoms with Crippen molar-refractivity contribution in [2.45, 2.75) is 25.9 Å². The largest absolute Gasteiger partial charge is 0.507 e. The third-order valence-electron chi connectivity index (χ3n) is 5.34. The summed E-state index contributed by atoms with van der Waals surface area (Å²) in [6.07, 6.45) is 0.874. The molecule has 0 bridgehead atoms. The lowest BCUT2D eigenvalue weighted by atomic mass is 9.98. The highest BCUT2D eigenvalue weighted by atomic mass is 127. The number of fused-ring (bicyclic) bond motifs is 1. The van der Waals surface area contributed by atoms with Gasteiger partial charge in [-0.2, -0.15) is 0 Å². The summed E-state index contributed by atoms with van der Waals surface area (Å²) in [7, 11) is 0. The summed E-state index contributed by atoms with van der Waals surface area (Å²) in [6.45, 7) is 0.254. The van der Waals surface area contributed by atoms with Gasteiger partial charge in [0.25, 0.3) is 0 Å². The molecule has 8 heteroatoms. The molecule has 0 aliphatic rings. The normalized spacial score (nSPS) is 11.0. The first-order valence-electron chi connectivity index (χ1n) is 10.6. The second kappa shape index (κ2) is 10.2. The minimum absolute atomic E-state index is 0.0775. The Labute approximate surface area is 209 Å². The van der Waals surface area contributed by atoms with Gasteiger partial charge in [0, 0.05) is 29.9 Å².